The lowest BCUT2D eigenvalue weighted by atomic mass is 9.92. The van der Waals surface area contributed by atoms with Gasteiger partial charge in [0.1, 0.15) is 0 Å². The van der Waals surface area contributed by atoms with E-state index in [2.05, 4.69) is 43.4 Å². The summed E-state index contributed by atoms with van der Waals surface area (Å²) in [5, 5.41) is 3.32. The normalized spacial score (nSPS) is 18.9. The number of carbonyl (C=O) groups excluding carboxylic acids is 1. The van der Waals surface area contributed by atoms with Crippen LogP contribution < -0.4 is 5.32 Å². The molecule has 2 unspecified atom stereocenters. The van der Waals surface area contributed by atoms with Crippen LogP contribution in [-0.4, -0.2) is 37.0 Å². The fraction of sp³-hybridized carbons (Fsp3) is 0.588. The molecule has 21 heavy (non-hydrogen) atoms. The number of rotatable bonds is 5. The molecule has 0 aliphatic carbocycles. The van der Waals surface area contributed by atoms with E-state index in [0.717, 1.165) is 25.9 Å². The average molecular weight is 311 g/mol. The van der Waals surface area contributed by atoms with E-state index < -0.39 is 0 Å². The Hall–Kier alpha value is -1.06. The second-order valence-electron chi connectivity index (χ2n) is 5.87. The van der Waals surface area contributed by atoms with Crippen molar-refractivity contribution in [3.63, 3.8) is 0 Å². The molecule has 0 aromatic heterocycles. The number of aryl methyl sites for hydroxylation is 1. The van der Waals surface area contributed by atoms with Gasteiger partial charge in [-0.25, -0.2) is 0 Å². The molecule has 118 valence electrons. The van der Waals surface area contributed by atoms with E-state index in [1.54, 1.807) is 0 Å². The van der Waals surface area contributed by atoms with Crippen molar-refractivity contribution >= 4 is 18.3 Å². The predicted octanol–water partition coefficient (Wildman–Crippen LogP) is 3.12. The molecule has 3 nitrogen and oxygen atoms in total. The minimum atomic E-state index is 0. The highest BCUT2D eigenvalue weighted by molar-refractivity contribution is 5.85. The van der Waals surface area contributed by atoms with Crippen LogP contribution in [0.2, 0.25) is 0 Å². The Morgan fingerprint density at radius 2 is 2.05 bits per heavy atom. The number of halogens is 1. The first kappa shape index (κ1) is 18.0. The molecule has 0 bridgehead atoms. The first-order valence-corrected chi connectivity index (χ1v) is 7.64. The van der Waals surface area contributed by atoms with Crippen molar-refractivity contribution in [3.05, 3.63) is 35.4 Å². The number of benzene rings is 1. The molecule has 1 aromatic carbocycles. The van der Waals surface area contributed by atoms with Gasteiger partial charge in [0.25, 0.3) is 0 Å². The molecule has 2 atom stereocenters. The molecule has 1 N–H and O–H groups in total. The third-order valence-electron chi connectivity index (χ3n) is 4.44. The Kier molecular flexibility index (Phi) is 7.20. The summed E-state index contributed by atoms with van der Waals surface area (Å²) >= 11 is 0. The Bertz CT molecular complexity index is 441. The quantitative estimate of drug-likeness (QED) is 0.906. The molecule has 4 heteroatoms. The van der Waals surface area contributed by atoms with Crippen LogP contribution in [0.5, 0.6) is 0 Å². The van der Waals surface area contributed by atoms with Crippen molar-refractivity contribution in [3.8, 4) is 0 Å². The Morgan fingerprint density at radius 1 is 1.38 bits per heavy atom. The molecule has 1 aromatic rings. The van der Waals surface area contributed by atoms with Gasteiger partial charge in [0.2, 0.25) is 5.91 Å². The molecule has 1 aliphatic rings. The third-order valence-corrected chi connectivity index (χ3v) is 4.44. The fourth-order valence-corrected chi connectivity index (χ4v) is 2.86. The van der Waals surface area contributed by atoms with Crippen LogP contribution in [0.4, 0.5) is 0 Å². The zero-order valence-electron chi connectivity index (χ0n) is 13.3. The lowest BCUT2D eigenvalue weighted by molar-refractivity contribution is -0.132. The summed E-state index contributed by atoms with van der Waals surface area (Å²) in [6, 6.07) is 8.96. The summed E-state index contributed by atoms with van der Waals surface area (Å²) in [4.78, 5) is 14.4. The van der Waals surface area contributed by atoms with Gasteiger partial charge < -0.3 is 10.2 Å². The second-order valence-corrected chi connectivity index (χ2v) is 5.87. The highest BCUT2D eigenvalue weighted by Crippen LogP contribution is 2.25. The summed E-state index contributed by atoms with van der Waals surface area (Å²) in [5.74, 6) is 0.603. The Balaban J connectivity index is 0.00000220. The van der Waals surface area contributed by atoms with Crippen LogP contribution >= 0.6 is 12.4 Å². The Labute approximate surface area is 134 Å². The predicted molar refractivity (Wildman–Crippen MR) is 90.1 cm³/mol. The first-order valence-electron chi connectivity index (χ1n) is 7.64. The molecule has 1 amide bonds. The van der Waals surface area contributed by atoms with Crippen LogP contribution in [-0.2, 0) is 4.79 Å². The van der Waals surface area contributed by atoms with Gasteiger partial charge in [-0.2, -0.15) is 0 Å². The highest BCUT2D eigenvalue weighted by Gasteiger charge is 2.25. The molecule has 1 fully saturated rings. The van der Waals surface area contributed by atoms with Crippen molar-refractivity contribution in [1.82, 2.24) is 10.2 Å². The van der Waals surface area contributed by atoms with Gasteiger partial charge in [-0.15, -0.1) is 12.4 Å². The fourth-order valence-electron chi connectivity index (χ4n) is 2.86. The van der Waals surface area contributed by atoms with Gasteiger partial charge in [-0.1, -0.05) is 36.8 Å². The molecular formula is C17H27ClN2O. The number of carbonyl (C=O) groups is 1. The van der Waals surface area contributed by atoms with E-state index in [4.69, 9.17) is 0 Å². The van der Waals surface area contributed by atoms with Crippen LogP contribution in [0, 0.1) is 6.92 Å². The van der Waals surface area contributed by atoms with Gasteiger partial charge >= 0.3 is 0 Å². The van der Waals surface area contributed by atoms with E-state index >= 15 is 0 Å². The molecule has 1 heterocycles. The van der Waals surface area contributed by atoms with Gasteiger partial charge in [-0.05, 0) is 37.8 Å². The van der Waals surface area contributed by atoms with Crippen LogP contribution in [0.25, 0.3) is 0 Å². The van der Waals surface area contributed by atoms with Crippen molar-refractivity contribution in [2.24, 2.45) is 0 Å². The SMILES string of the molecule is CCC(CC(=O)N(C)C1CCNC1)c1ccc(C)cc1.Cl. The second kappa shape index (κ2) is 8.40. The zero-order chi connectivity index (χ0) is 14.5. The van der Waals surface area contributed by atoms with Crippen molar-refractivity contribution in [2.45, 2.75) is 45.1 Å². The molecule has 1 saturated heterocycles. The van der Waals surface area contributed by atoms with Crippen molar-refractivity contribution in [1.29, 1.82) is 0 Å². The van der Waals surface area contributed by atoms with Gasteiger partial charge in [-0.3, -0.25) is 4.79 Å². The van der Waals surface area contributed by atoms with E-state index in [0.29, 0.717) is 18.4 Å². The maximum Gasteiger partial charge on any atom is 0.223 e. The maximum absolute atomic E-state index is 12.4. The number of hydrogen-bond acceptors (Lipinski definition) is 2. The first-order chi connectivity index (χ1) is 9.61. The van der Waals surface area contributed by atoms with Crippen molar-refractivity contribution in [2.75, 3.05) is 20.1 Å². The third kappa shape index (κ3) is 4.72. The van der Waals surface area contributed by atoms with Crippen LogP contribution in [0.3, 0.4) is 0 Å². The number of nitrogens with zero attached hydrogens (tertiary/aromatic N) is 1. The lowest BCUT2D eigenvalue weighted by Gasteiger charge is -2.26. The van der Waals surface area contributed by atoms with E-state index in [1.807, 2.05) is 11.9 Å². The lowest BCUT2D eigenvalue weighted by Crippen LogP contribution is -2.38. The van der Waals surface area contributed by atoms with E-state index in [-0.39, 0.29) is 18.3 Å². The summed E-state index contributed by atoms with van der Waals surface area (Å²) in [7, 11) is 1.95. The highest BCUT2D eigenvalue weighted by atomic mass is 35.5. The average Bonchev–Trinajstić information content (AvgIpc) is 2.99. The zero-order valence-corrected chi connectivity index (χ0v) is 14.1. The van der Waals surface area contributed by atoms with Crippen LogP contribution in [0.1, 0.15) is 43.2 Å². The Morgan fingerprint density at radius 3 is 2.57 bits per heavy atom. The number of nitrogens with one attached hydrogen (secondary N) is 1. The number of likely N-dealkylation sites (N-methyl/N-ethyl adjacent to an activating group) is 1. The molecule has 2 rings (SSSR count). The largest absolute Gasteiger partial charge is 0.341 e. The molecule has 0 saturated carbocycles. The van der Waals surface area contributed by atoms with Crippen molar-refractivity contribution < 1.29 is 4.79 Å². The topological polar surface area (TPSA) is 32.3 Å². The minimum Gasteiger partial charge on any atom is -0.341 e. The summed E-state index contributed by atoms with van der Waals surface area (Å²) in [6.45, 7) is 6.21. The molecule has 0 spiro atoms. The smallest absolute Gasteiger partial charge is 0.223 e. The van der Waals surface area contributed by atoms with Gasteiger partial charge in [0, 0.05) is 26.1 Å². The van der Waals surface area contributed by atoms with Gasteiger partial charge in [0.15, 0.2) is 0 Å². The summed E-state index contributed by atoms with van der Waals surface area (Å²) < 4.78 is 0. The summed E-state index contributed by atoms with van der Waals surface area (Å²) in [6.07, 6.45) is 2.70. The van der Waals surface area contributed by atoms with E-state index in [9.17, 15) is 4.79 Å². The summed E-state index contributed by atoms with van der Waals surface area (Å²) in [5.41, 5.74) is 2.55. The minimum absolute atomic E-state index is 0. The number of hydrogen-bond donors (Lipinski definition) is 1. The molecule has 0 radical (unpaired) electrons. The monoisotopic (exact) mass is 310 g/mol. The standard InChI is InChI=1S/C17H26N2O.ClH/c1-4-14(15-7-5-13(2)6-8-15)11-17(20)19(3)16-9-10-18-12-16;/h5-8,14,16,18H,4,9-12H2,1-3H3;1H. The van der Waals surface area contributed by atoms with E-state index in [1.165, 1.54) is 11.1 Å². The van der Waals surface area contributed by atoms with Crippen LogP contribution in [0.15, 0.2) is 24.3 Å². The molecule has 1 aliphatic heterocycles. The van der Waals surface area contributed by atoms with Gasteiger partial charge in [0.05, 0.1) is 0 Å². The maximum atomic E-state index is 12.4. The number of amides is 1. The molecular weight excluding hydrogens is 284 g/mol.